The van der Waals surface area contributed by atoms with Gasteiger partial charge in [-0.25, -0.2) is 9.97 Å². The number of halogens is 1. The molecule has 0 unspecified atom stereocenters. The molecule has 0 saturated carbocycles. The summed E-state index contributed by atoms with van der Waals surface area (Å²) in [6, 6.07) is 5.28. The molecule has 4 aromatic heterocycles. The van der Waals surface area contributed by atoms with E-state index in [1.165, 1.54) is 6.20 Å². The third kappa shape index (κ3) is 5.23. The molecule has 168 valence electrons. The Kier molecular flexibility index (Phi) is 6.74. The number of nitrogens with zero attached hydrogens (tertiary/aromatic N) is 6. The van der Waals surface area contributed by atoms with Crippen LogP contribution in [0.3, 0.4) is 0 Å². The molecule has 1 atom stereocenters. The first-order chi connectivity index (χ1) is 15.9. The van der Waals surface area contributed by atoms with Gasteiger partial charge in [0.1, 0.15) is 17.1 Å². The summed E-state index contributed by atoms with van der Waals surface area (Å²) in [7, 11) is 0. The van der Waals surface area contributed by atoms with Crippen LogP contribution in [0.1, 0.15) is 19.5 Å². The van der Waals surface area contributed by atoms with Crippen molar-refractivity contribution in [3.8, 4) is 23.5 Å². The third-order valence-electron chi connectivity index (χ3n) is 4.22. The van der Waals surface area contributed by atoms with Crippen molar-refractivity contribution in [2.45, 2.75) is 26.1 Å². The molecule has 1 amide bonds. The van der Waals surface area contributed by atoms with Crippen LogP contribution in [0.2, 0.25) is 5.02 Å². The predicted octanol–water partition coefficient (Wildman–Crippen LogP) is 3.21. The second-order valence-electron chi connectivity index (χ2n) is 6.95. The van der Waals surface area contributed by atoms with Crippen molar-refractivity contribution in [3.05, 3.63) is 40.6 Å². The van der Waals surface area contributed by atoms with Crippen molar-refractivity contribution in [1.29, 1.82) is 5.26 Å². The molecule has 0 spiro atoms. The van der Waals surface area contributed by atoms with Gasteiger partial charge in [-0.15, -0.1) is 11.3 Å². The number of carbonyl (C=O) groups is 1. The maximum Gasteiger partial charge on any atom is 0.269 e. The number of hydrogen-bond donors (Lipinski definition) is 2. The lowest BCUT2D eigenvalue weighted by Gasteiger charge is -2.19. The summed E-state index contributed by atoms with van der Waals surface area (Å²) in [5, 5.41) is 21.0. The third-order valence-corrected chi connectivity index (χ3v) is 5.28. The normalized spacial score (nSPS) is 12.0. The van der Waals surface area contributed by atoms with Crippen LogP contribution in [0, 0.1) is 11.3 Å². The van der Waals surface area contributed by atoms with Crippen molar-refractivity contribution < 1.29 is 14.3 Å². The molecule has 13 heteroatoms. The summed E-state index contributed by atoms with van der Waals surface area (Å²) in [6.07, 6.45) is 1.84. The van der Waals surface area contributed by atoms with Crippen LogP contribution in [0.25, 0.3) is 22.6 Å². The zero-order valence-corrected chi connectivity index (χ0v) is 19.0. The van der Waals surface area contributed by atoms with Gasteiger partial charge in [-0.3, -0.25) is 20.2 Å². The highest BCUT2D eigenvalue weighted by atomic mass is 35.5. The summed E-state index contributed by atoms with van der Waals surface area (Å²) in [5.41, 5.74) is 0.949. The van der Waals surface area contributed by atoms with Crippen molar-refractivity contribution in [1.82, 2.24) is 30.1 Å². The summed E-state index contributed by atoms with van der Waals surface area (Å²) in [6.45, 7) is 3.63. The fraction of sp³-hybridized carbons (Fsp3) is 0.250. The number of aromatic amines is 1. The number of carbonyl (C=O) groups excluding carboxylic acids is 1. The minimum Gasteiger partial charge on any atom is -0.461 e. The first-order valence-electron chi connectivity index (χ1n) is 9.71. The molecule has 4 heterocycles. The number of rotatable bonds is 8. The van der Waals surface area contributed by atoms with Gasteiger partial charge in [-0.2, -0.15) is 15.3 Å². The number of aromatic nitrogens is 6. The van der Waals surface area contributed by atoms with Gasteiger partial charge in [-0.1, -0.05) is 11.6 Å². The maximum absolute atomic E-state index is 13.0. The molecule has 0 aromatic carbocycles. The molecule has 0 aliphatic carbocycles. The summed E-state index contributed by atoms with van der Waals surface area (Å²) >= 11 is 7.39. The number of hydrogen-bond acceptors (Lipinski definition) is 10. The Balaban J connectivity index is 1.66. The molecule has 11 nitrogen and oxygen atoms in total. The summed E-state index contributed by atoms with van der Waals surface area (Å²) in [5.74, 6) is -0.202. The molecule has 0 bridgehead atoms. The number of H-pyrrole nitrogens is 1. The number of fused-ring (bicyclic) bond motifs is 1. The number of ether oxygens (including phenoxy) is 2. The number of anilines is 1. The average Bonchev–Trinajstić information content (AvgIpc) is 3.45. The van der Waals surface area contributed by atoms with E-state index in [2.05, 4.69) is 35.5 Å². The second-order valence-corrected chi connectivity index (χ2v) is 8.21. The molecule has 0 radical (unpaired) electrons. The Morgan fingerprint density at radius 3 is 2.94 bits per heavy atom. The minimum absolute atomic E-state index is 0.0526. The van der Waals surface area contributed by atoms with Crippen LogP contribution in [0.5, 0.6) is 5.88 Å². The Hall–Kier alpha value is -3.66. The van der Waals surface area contributed by atoms with E-state index in [4.69, 9.17) is 26.3 Å². The Bertz CT molecular complexity index is 1330. The van der Waals surface area contributed by atoms with Crippen LogP contribution >= 0.6 is 22.9 Å². The number of nitriles is 1. The van der Waals surface area contributed by atoms with E-state index >= 15 is 0 Å². The number of thiazole rings is 1. The smallest absolute Gasteiger partial charge is 0.269 e. The second kappa shape index (κ2) is 9.86. The molecule has 4 aromatic rings. The zero-order chi connectivity index (χ0) is 23.4. The van der Waals surface area contributed by atoms with Gasteiger partial charge in [0.05, 0.1) is 23.9 Å². The summed E-state index contributed by atoms with van der Waals surface area (Å²) < 4.78 is 11.6. The number of amides is 1. The zero-order valence-electron chi connectivity index (χ0n) is 17.4. The highest BCUT2D eigenvalue weighted by Crippen LogP contribution is 2.28. The van der Waals surface area contributed by atoms with Crippen molar-refractivity contribution in [3.63, 3.8) is 0 Å². The Morgan fingerprint density at radius 1 is 1.36 bits per heavy atom. The van der Waals surface area contributed by atoms with Crippen molar-refractivity contribution >= 4 is 45.0 Å². The van der Waals surface area contributed by atoms with E-state index in [9.17, 15) is 4.79 Å². The maximum atomic E-state index is 13.0. The van der Waals surface area contributed by atoms with Gasteiger partial charge in [-0.05, 0) is 26.0 Å². The fourth-order valence-electron chi connectivity index (χ4n) is 2.70. The molecule has 0 aliphatic heterocycles. The summed E-state index contributed by atoms with van der Waals surface area (Å²) in [4.78, 5) is 30.1. The van der Waals surface area contributed by atoms with Crippen molar-refractivity contribution in [2.75, 3.05) is 11.9 Å². The highest BCUT2D eigenvalue weighted by Gasteiger charge is 2.26. The monoisotopic (exact) mass is 484 g/mol. The molecular formula is C20H17ClN8O3S. The fourth-order valence-corrected chi connectivity index (χ4v) is 3.55. The van der Waals surface area contributed by atoms with E-state index in [-0.39, 0.29) is 35.2 Å². The standard InChI is InChI=1S/C20H17ClN8O3S/c1-10(2)31-8-14(18(30)28-20-25-11(6-22)9-33-20)32-19-12-7-24-29-16(12)26-17(27-19)15-13(21)4-3-5-23-15/h3-5,7,9-10,14H,8H2,1-2H3,(H,25,28,30)(H,24,26,27,29)/t14-/m0/s1. The lowest BCUT2D eigenvalue weighted by atomic mass is 10.3. The van der Waals surface area contributed by atoms with E-state index in [1.54, 1.807) is 23.7 Å². The molecule has 2 N–H and O–H groups in total. The SMILES string of the molecule is CC(C)OC[C@H](Oc1nc(-c2ncccc2Cl)nc2[nH]ncc12)C(=O)Nc1nc(C#N)cs1. The van der Waals surface area contributed by atoms with Crippen molar-refractivity contribution in [2.24, 2.45) is 0 Å². The van der Waals surface area contributed by atoms with Crippen LogP contribution in [-0.4, -0.2) is 54.9 Å². The van der Waals surface area contributed by atoms with Gasteiger partial charge >= 0.3 is 0 Å². The van der Waals surface area contributed by atoms with E-state index in [1.807, 2.05) is 19.9 Å². The van der Waals surface area contributed by atoms with Crippen LogP contribution < -0.4 is 10.1 Å². The predicted molar refractivity (Wildman–Crippen MR) is 121 cm³/mol. The van der Waals surface area contributed by atoms with E-state index in [0.29, 0.717) is 21.7 Å². The lowest BCUT2D eigenvalue weighted by molar-refractivity contribution is -0.126. The quantitative estimate of drug-likeness (QED) is 0.384. The van der Waals surface area contributed by atoms with Crippen LogP contribution in [0.4, 0.5) is 5.13 Å². The molecule has 33 heavy (non-hydrogen) atoms. The van der Waals surface area contributed by atoms with Gasteiger partial charge in [0.25, 0.3) is 5.91 Å². The van der Waals surface area contributed by atoms with Gasteiger partial charge in [0, 0.05) is 11.6 Å². The lowest BCUT2D eigenvalue weighted by Crippen LogP contribution is -2.38. The number of nitrogens with one attached hydrogen (secondary N) is 2. The van der Waals surface area contributed by atoms with Gasteiger partial charge in [0.15, 0.2) is 22.3 Å². The molecule has 0 saturated heterocycles. The Labute approximate surface area is 196 Å². The molecule has 4 rings (SSSR count). The largest absolute Gasteiger partial charge is 0.461 e. The van der Waals surface area contributed by atoms with Crippen LogP contribution in [0.15, 0.2) is 29.9 Å². The highest BCUT2D eigenvalue weighted by molar-refractivity contribution is 7.14. The van der Waals surface area contributed by atoms with Crippen LogP contribution in [-0.2, 0) is 9.53 Å². The molecular weight excluding hydrogens is 468 g/mol. The first kappa shape index (κ1) is 22.5. The Morgan fingerprint density at radius 2 is 2.21 bits per heavy atom. The van der Waals surface area contributed by atoms with Gasteiger partial charge < -0.3 is 9.47 Å². The average molecular weight is 485 g/mol. The molecule has 0 fully saturated rings. The van der Waals surface area contributed by atoms with E-state index in [0.717, 1.165) is 11.3 Å². The first-order valence-corrected chi connectivity index (χ1v) is 11.0. The minimum atomic E-state index is -1.08. The molecule has 0 aliphatic rings. The topological polar surface area (TPSA) is 152 Å². The number of pyridine rings is 1. The van der Waals surface area contributed by atoms with Gasteiger partial charge in [0.2, 0.25) is 12.0 Å². The van der Waals surface area contributed by atoms with E-state index < -0.39 is 12.0 Å².